The minimum absolute atomic E-state index is 0.0426. The second-order valence-corrected chi connectivity index (χ2v) is 7.66. The molecule has 7 heteroatoms. The van der Waals surface area contributed by atoms with Gasteiger partial charge in [0.1, 0.15) is 5.75 Å². The molecule has 3 aromatic rings. The van der Waals surface area contributed by atoms with E-state index in [1.807, 2.05) is 53.2 Å². The molecule has 29 heavy (non-hydrogen) atoms. The molecule has 4 rings (SSSR count). The van der Waals surface area contributed by atoms with Crippen molar-refractivity contribution in [1.29, 1.82) is 0 Å². The summed E-state index contributed by atoms with van der Waals surface area (Å²) < 4.78 is 5.15. The molecule has 0 aliphatic carbocycles. The molecule has 1 aliphatic rings. The van der Waals surface area contributed by atoms with Crippen LogP contribution in [0.5, 0.6) is 5.75 Å². The molecular formula is C22H21N3O3S. The quantitative estimate of drug-likeness (QED) is 0.679. The number of benzene rings is 1. The largest absolute Gasteiger partial charge is 0.497 e. The highest BCUT2D eigenvalue weighted by molar-refractivity contribution is 7.08. The van der Waals surface area contributed by atoms with Gasteiger partial charge in [0.2, 0.25) is 11.8 Å². The monoisotopic (exact) mass is 407 g/mol. The lowest BCUT2D eigenvalue weighted by molar-refractivity contribution is -0.126. The Morgan fingerprint density at radius 1 is 1.28 bits per heavy atom. The van der Waals surface area contributed by atoms with Gasteiger partial charge < -0.3 is 15.0 Å². The maximum atomic E-state index is 12.6. The van der Waals surface area contributed by atoms with Crippen molar-refractivity contribution < 1.29 is 14.3 Å². The summed E-state index contributed by atoms with van der Waals surface area (Å²) in [5, 5.41) is 7.02. The standard InChI is InChI=1S/C22H21N3O3S/c1-28-19-4-2-18(3-5-19)25-13-17(11-21(25)26)22(27)24-12-15-6-8-23-20(10-15)16-7-9-29-14-16/h2-10,14,17H,11-13H2,1H3,(H,24,27). The van der Waals surface area contributed by atoms with Gasteiger partial charge in [-0.2, -0.15) is 11.3 Å². The minimum atomic E-state index is -0.359. The molecule has 0 bridgehead atoms. The second kappa shape index (κ2) is 8.45. The Balaban J connectivity index is 1.37. The molecule has 6 nitrogen and oxygen atoms in total. The first-order valence-corrected chi connectivity index (χ1v) is 10.3. The molecule has 1 unspecified atom stereocenters. The predicted molar refractivity (Wildman–Crippen MR) is 113 cm³/mol. The normalized spacial score (nSPS) is 16.1. The van der Waals surface area contributed by atoms with Crippen LogP contribution >= 0.6 is 11.3 Å². The van der Waals surface area contributed by atoms with Crippen molar-refractivity contribution in [2.75, 3.05) is 18.6 Å². The first-order valence-electron chi connectivity index (χ1n) is 9.33. The van der Waals surface area contributed by atoms with E-state index in [4.69, 9.17) is 4.74 Å². The molecule has 1 atom stereocenters. The summed E-state index contributed by atoms with van der Waals surface area (Å²) in [4.78, 5) is 31.1. The van der Waals surface area contributed by atoms with Crippen molar-refractivity contribution in [2.45, 2.75) is 13.0 Å². The molecule has 1 fully saturated rings. The number of hydrogen-bond acceptors (Lipinski definition) is 5. The zero-order valence-corrected chi connectivity index (χ0v) is 16.8. The van der Waals surface area contributed by atoms with Gasteiger partial charge in [-0.1, -0.05) is 0 Å². The smallest absolute Gasteiger partial charge is 0.227 e. The SMILES string of the molecule is COc1ccc(N2CC(C(=O)NCc3ccnc(-c4ccsc4)c3)CC2=O)cc1. The van der Waals surface area contributed by atoms with Crippen LogP contribution in [-0.4, -0.2) is 30.5 Å². The van der Waals surface area contributed by atoms with Crippen molar-refractivity contribution in [3.63, 3.8) is 0 Å². The molecule has 1 N–H and O–H groups in total. The molecule has 1 saturated heterocycles. The Morgan fingerprint density at radius 3 is 2.83 bits per heavy atom. The van der Waals surface area contributed by atoms with Crippen LogP contribution in [-0.2, 0) is 16.1 Å². The summed E-state index contributed by atoms with van der Waals surface area (Å²) >= 11 is 1.62. The van der Waals surface area contributed by atoms with Gasteiger partial charge in [0.05, 0.1) is 18.7 Å². The van der Waals surface area contributed by atoms with E-state index in [0.29, 0.717) is 13.1 Å². The number of carbonyl (C=O) groups excluding carboxylic acids is 2. The van der Waals surface area contributed by atoms with Crippen molar-refractivity contribution in [3.05, 3.63) is 65.0 Å². The van der Waals surface area contributed by atoms with E-state index in [0.717, 1.165) is 28.3 Å². The molecule has 1 aliphatic heterocycles. The van der Waals surface area contributed by atoms with Gasteiger partial charge in [0.15, 0.2) is 0 Å². The van der Waals surface area contributed by atoms with E-state index in [9.17, 15) is 9.59 Å². The highest BCUT2D eigenvalue weighted by atomic mass is 32.1. The number of thiophene rings is 1. The van der Waals surface area contributed by atoms with Gasteiger partial charge in [-0.3, -0.25) is 14.6 Å². The van der Waals surface area contributed by atoms with Crippen LogP contribution in [0.2, 0.25) is 0 Å². The van der Waals surface area contributed by atoms with E-state index in [-0.39, 0.29) is 24.2 Å². The van der Waals surface area contributed by atoms with E-state index < -0.39 is 0 Å². The number of hydrogen-bond donors (Lipinski definition) is 1. The lowest BCUT2D eigenvalue weighted by Gasteiger charge is -2.17. The highest BCUT2D eigenvalue weighted by Crippen LogP contribution is 2.27. The molecule has 0 saturated carbocycles. The summed E-state index contributed by atoms with van der Waals surface area (Å²) in [6.07, 6.45) is 1.97. The van der Waals surface area contributed by atoms with E-state index in [1.54, 1.807) is 29.5 Å². The molecule has 3 heterocycles. The van der Waals surface area contributed by atoms with Crippen LogP contribution in [0.1, 0.15) is 12.0 Å². The average Bonchev–Trinajstić information content (AvgIpc) is 3.42. The number of amides is 2. The highest BCUT2D eigenvalue weighted by Gasteiger charge is 2.35. The van der Waals surface area contributed by atoms with Gasteiger partial charge in [0.25, 0.3) is 0 Å². The maximum Gasteiger partial charge on any atom is 0.227 e. The van der Waals surface area contributed by atoms with Crippen LogP contribution in [0, 0.1) is 5.92 Å². The van der Waals surface area contributed by atoms with Crippen molar-refractivity contribution in [3.8, 4) is 17.0 Å². The topological polar surface area (TPSA) is 71.5 Å². The lowest BCUT2D eigenvalue weighted by Crippen LogP contribution is -2.32. The number of nitrogens with zero attached hydrogens (tertiary/aromatic N) is 2. The fraction of sp³-hybridized carbons (Fsp3) is 0.227. The first-order chi connectivity index (χ1) is 14.1. The number of rotatable bonds is 6. The van der Waals surface area contributed by atoms with E-state index in [2.05, 4.69) is 10.3 Å². The van der Waals surface area contributed by atoms with E-state index in [1.165, 1.54) is 0 Å². The summed E-state index contributed by atoms with van der Waals surface area (Å²) in [5.41, 5.74) is 3.71. The third-order valence-electron chi connectivity index (χ3n) is 4.99. The Kier molecular flexibility index (Phi) is 5.57. The summed E-state index contributed by atoms with van der Waals surface area (Å²) in [6, 6.07) is 13.2. The summed E-state index contributed by atoms with van der Waals surface area (Å²) in [7, 11) is 1.60. The van der Waals surface area contributed by atoms with Gasteiger partial charge in [-0.05, 0) is 53.4 Å². The van der Waals surface area contributed by atoms with Gasteiger partial charge >= 0.3 is 0 Å². The first kappa shape index (κ1) is 19.1. The Morgan fingerprint density at radius 2 is 2.10 bits per heavy atom. The van der Waals surface area contributed by atoms with Crippen molar-refractivity contribution in [1.82, 2.24) is 10.3 Å². The van der Waals surface area contributed by atoms with E-state index >= 15 is 0 Å². The molecular weight excluding hydrogens is 386 g/mol. The Hall–Kier alpha value is -3.19. The van der Waals surface area contributed by atoms with Gasteiger partial charge in [-0.15, -0.1) is 0 Å². The Labute approximate surface area is 173 Å². The summed E-state index contributed by atoms with van der Waals surface area (Å²) in [5.74, 6) is 0.221. The Bertz CT molecular complexity index is 1000. The minimum Gasteiger partial charge on any atom is -0.497 e. The van der Waals surface area contributed by atoms with Crippen LogP contribution in [0.15, 0.2) is 59.4 Å². The number of anilines is 1. The number of methoxy groups -OCH3 is 1. The number of nitrogens with one attached hydrogen (secondary N) is 1. The molecule has 2 amide bonds. The fourth-order valence-electron chi connectivity index (χ4n) is 3.38. The second-order valence-electron chi connectivity index (χ2n) is 6.88. The van der Waals surface area contributed by atoms with Crippen LogP contribution in [0.3, 0.4) is 0 Å². The predicted octanol–water partition coefficient (Wildman–Crippen LogP) is 3.49. The maximum absolute atomic E-state index is 12.6. The van der Waals surface area contributed by atoms with Gasteiger partial charge in [0, 0.05) is 42.3 Å². The number of aromatic nitrogens is 1. The van der Waals surface area contributed by atoms with Crippen LogP contribution in [0.25, 0.3) is 11.3 Å². The molecule has 0 spiro atoms. The number of ether oxygens (including phenoxy) is 1. The van der Waals surface area contributed by atoms with Crippen LogP contribution in [0.4, 0.5) is 5.69 Å². The molecule has 2 aromatic heterocycles. The molecule has 148 valence electrons. The zero-order valence-electron chi connectivity index (χ0n) is 16.0. The molecule has 0 radical (unpaired) electrons. The third-order valence-corrected chi connectivity index (χ3v) is 5.67. The fourth-order valence-corrected chi connectivity index (χ4v) is 4.03. The molecule has 1 aromatic carbocycles. The van der Waals surface area contributed by atoms with Crippen LogP contribution < -0.4 is 15.0 Å². The average molecular weight is 407 g/mol. The number of carbonyl (C=O) groups is 2. The number of pyridine rings is 1. The van der Waals surface area contributed by atoms with Gasteiger partial charge in [-0.25, -0.2) is 0 Å². The summed E-state index contributed by atoms with van der Waals surface area (Å²) in [6.45, 7) is 0.791. The van der Waals surface area contributed by atoms with Crippen molar-refractivity contribution in [2.24, 2.45) is 5.92 Å². The van der Waals surface area contributed by atoms with Crippen molar-refractivity contribution >= 4 is 28.8 Å². The third kappa shape index (κ3) is 4.30. The lowest BCUT2D eigenvalue weighted by atomic mass is 10.1. The zero-order chi connectivity index (χ0) is 20.2.